The molecule has 0 bridgehead atoms. The second kappa shape index (κ2) is 7.42. The summed E-state index contributed by atoms with van der Waals surface area (Å²) in [5.74, 6) is 0. The van der Waals surface area contributed by atoms with Crippen molar-refractivity contribution in [1.82, 2.24) is 0 Å². The Balaban J connectivity index is 0.00000256. The summed E-state index contributed by atoms with van der Waals surface area (Å²) < 4.78 is 31.2. The van der Waals surface area contributed by atoms with Crippen LogP contribution in [0.15, 0.2) is 29.2 Å². The molecule has 5 heteroatoms. The van der Waals surface area contributed by atoms with E-state index in [9.17, 15) is 8.42 Å². The molecule has 1 aromatic rings. The van der Waals surface area contributed by atoms with Gasteiger partial charge in [-0.15, -0.1) is 0 Å². The smallest absolute Gasteiger partial charge is 0.294 e. The highest BCUT2D eigenvalue weighted by atomic mass is 32.2. The molecule has 0 atom stereocenters. The average molecular weight is 260 g/mol. The summed E-state index contributed by atoms with van der Waals surface area (Å²) in [6.45, 7) is 2.13. The van der Waals surface area contributed by atoms with Gasteiger partial charge in [0.25, 0.3) is 10.1 Å². The van der Waals surface area contributed by atoms with Gasteiger partial charge in [-0.25, -0.2) is 0 Å². The lowest BCUT2D eigenvalue weighted by Gasteiger charge is -2.06. The molecule has 0 aliphatic carbocycles. The van der Waals surface area contributed by atoms with Crippen LogP contribution in [-0.2, 0) is 16.5 Å². The highest BCUT2D eigenvalue weighted by molar-refractivity contribution is 7.85. The molecule has 0 spiro atoms. The Morgan fingerprint density at radius 3 is 2.35 bits per heavy atom. The summed E-state index contributed by atoms with van der Waals surface area (Å²) in [4.78, 5) is 0.0477. The van der Waals surface area contributed by atoms with E-state index in [0.717, 1.165) is 25.7 Å². The predicted molar refractivity (Wildman–Crippen MR) is 67.7 cm³/mol. The lowest BCUT2D eigenvalue weighted by atomic mass is 10.1. The van der Waals surface area contributed by atoms with Crippen molar-refractivity contribution in [2.75, 3.05) is 0 Å². The maximum absolute atomic E-state index is 11.1. The Morgan fingerprint density at radius 1 is 1.12 bits per heavy atom. The molecule has 0 fully saturated rings. The van der Waals surface area contributed by atoms with E-state index in [2.05, 4.69) is 6.92 Å². The van der Waals surface area contributed by atoms with Crippen molar-refractivity contribution in [3.8, 4) is 0 Å². The molecule has 0 heterocycles. The van der Waals surface area contributed by atoms with E-state index in [-0.39, 0.29) is 10.4 Å². The molecule has 17 heavy (non-hydrogen) atoms. The lowest BCUT2D eigenvalue weighted by molar-refractivity contribution is 0.481. The van der Waals surface area contributed by atoms with Crippen LogP contribution in [0.2, 0.25) is 0 Å². The molecule has 0 radical (unpaired) electrons. The van der Waals surface area contributed by atoms with E-state index in [1.165, 1.54) is 6.07 Å². The van der Waals surface area contributed by atoms with Gasteiger partial charge in [0.2, 0.25) is 0 Å². The first-order valence-corrected chi connectivity index (χ1v) is 7.05. The van der Waals surface area contributed by atoms with Crippen molar-refractivity contribution < 1.29 is 18.4 Å². The second-order valence-electron chi connectivity index (χ2n) is 3.89. The van der Waals surface area contributed by atoms with Crippen molar-refractivity contribution in [2.24, 2.45) is 0 Å². The van der Waals surface area contributed by atoms with Crippen LogP contribution in [0.1, 0.15) is 38.2 Å². The van der Waals surface area contributed by atoms with Gasteiger partial charge in [0.05, 0.1) is 4.90 Å². The van der Waals surface area contributed by atoms with Gasteiger partial charge in [-0.3, -0.25) is 4.55 Å². The van der Waals surface area contributed by atoms with Gasteiger partial charge in [-0.05, 0) is 24.5 Å². The number of aryl methyl sites for hydroxylation is 1. The molecule has 0 aliphatic rings. The summed E-state index contributed by atoms with van der Waals surface area (Å²) in [5.41, 5.74) is 0.709. The molecule has 98 valence electrons. The molecule has 0 amide bonds. The van der Waals surface area contributed by atoms with Crippen molar-refractivity contribution in [3.63, 3.8) is 0 Å². The van der Waals surface area contributed by atoms with E-state index in [1.54, 1.807) is 18.2 Å². The average Bonchev–Trinajstić information content (AvgIpc) is 2.24. The molecular weight excluding hydrogens is 240 g/mol. The SMILES string of the molecule is CCCCCCc1ccccc1S(=O)(=O)O.O. The highest BCUT2D eigenvalue weighted by Crippen LogP contribution is 2.17. The van der Waals surface area contributed by atoms with Crippen molar-refractivity contribution >= 4 is 10.1 Å². The fourth-order valence-electron chi connectivity index (χ4n) is 1.70. The Morgan fingerprint density at radius 2 is 1.76 bits per heavy atom. The summed E-state index contributed by atoms with van der Waals surface area (Å²) in [7, 11) is -4.08. The van der Waals surface area contributed by atoms with Crippen molar-refractivity contribution in [2.45, 2.75) is 43.9 Å². The van der Waals surface area contributed by atoms with Gasteiger partial charge in [0.1, 0.15) is 0 Å². The first-order chi connectivity index (χ1) is 7.55. The zero-order valence-electron chi connectivity index (χ0n) is 10.0. The van der Waals surface area contributed by atoms with Crippen LogP contribution in [0.25, 0.3) is 0 Å². The number of unbranched alkanes of at least 4 members (excludes halogenated alkanes) is 3. The summed E-state index contributed by atoms with van der Waals surface area (Å²) in [6.07, 6.45) is 5.07. The summed E-state index contributed by atoms with van der Waals surface area (Å²) in [6, 6.07) is 6.63. The lowest BCUT2D eigenvalue weighted by Crippen LogP contribution is -2.03. The van der Waals surface area contributed by atoms with Crippen LogP contribution in [0.4, 0.5) is 0 Å². The van der Waals surface area contributed by atoms with E-state index >= 15 is 0 Å². The number of rotatable bonds is 6. The maximum Gasteiger partial charge on any atom is 0.294 e. The van der Waals surface area contributed by atoms with Gasteiger partial charge in [-0.2, -0.15) is 8.42 Å². The van der Waals surface area contributed by atoms with E-state index in [0.29, 0.717) is 12.0 Å². The third kappa shape index (κ3) is 5.30. The largest absolute Gasteiger partial charge is 0.412 e. The Kier molecular flexibility index (Phi) is 7.03. The molecule has 0 saturated carbocycles. The van der Waals surface area contributed by atoms with Crippen LogP contribution in [-0.4, -0.2) is 18.4 Å². The monoisotopic (exact) mass is 260 g/mol. The fourth-order valence-corrected chi connectivity index (χ4v) is 2.46. The number of hydrogen-bond donors (Lipinski definition) is 1. The van der Waals surface area contributed by atoms with Gasteiger partial charge in [0.15, 0.2) is 0 Å². The molecule has 0 aliphatic heterocycles. The van der Waals surface area contributed by atoms with Crippen molar-refractivity contribution in [3.05, 3.63) is 29.8 Å². The van der Waals surface area contributed by atoms with Crippen LogP contribution in [0, 0.1) is 0 Å². The van der Waals surface area contributed by atoms with E-state index in [4.69, 9.17) is 4.55 Å². The number of hydrogen-bond acceptors (Lipinski definition) is 2. The normalized spacial score (nSPS) is 10.9. The van der Waals surface area contributed by atoms with Crippen LogP contribution >= 0.6 is 0 Å². The maximum atomic E-state index is 11.1. The Bertz CT molecular complexity index is 426. The van der Waals surface area contributed by atoms with Gasteiger partial charge < -0.3 is 5.48 Å². The minimum Gasteiger partial charge on any atom is -0.412 e. The summed E-state index contributed by atoms with van der Waals surface area (Å²) in [5, 5.41) is 0. The minimum atomic E-state index is -4.08. The highest BCUT2D eigenvalue weighted by Gasteiger charge is 2.13. The molecule has 1 aromatic carbocycles. The van der Waals surface area contributed by atoms with Gasteiger partial charge in [-0.1, -0.05) is 44.4 Å². The van der Waals surface area contributed by atoms with E-state index < -0.39 is 10.1 Å². The molecule has 3 N–H and O–H groups in total. The van der Waals surface area contributed by atoms with Crippen LogP contribution in [0.5, 0.6) is 0 Å². The van der Waals surface area contributed by atoms with E-state index in [1.807, 2.05) is 0 Å². The van der Waals surface area contributed by atoms with Crippen LogP contribution < -0.4 is 0 Å². The molecule has 0 saturated heterocycles. The fraction of sp³-hybridized carbons (Fsp3) is 0.500. The first-order valence-electron chi connectivity index (χ1n) is 5.61. The zero-order valence-corrected chi connectivity index (χ0v) is 10.8. The molecule has 0 aromatic heterocycles. The second-order valence-corrected chi connectivity index (χ2v) is 5.28. The molecular formula is C12H20O4S. The third-order valence-corrected chi connectivity index (χ3v) is 3.50. The molecule has 0 unspecified atom stereocenters. The first kappa shape index (κ1) is 16.1. The zero-order chi connectivity index (χ0) is 12.0. The molecule has 4 nitrogen and oxygen atoms in total. The van der Waals surface area contributed by atoms with Crippen molar-refractivity contribution in [1.29, 1.82) is 0 Å². The Labute approximate surface area is 103 Å². The number of benzene rings is 1. The summed E-state index contributed by atoms with van der Waals surface area (Å²) >= 11 is 0. The standard InChI is InChI=1S/C12H18O3S.H2O/c1-2-3-4-5-8-11-9-6-7-10-12(11)16(13,14)15;/h6-7,9-10H,2-5,8H2,1H3,(H,13,14,15);1H2. The van der Waals surface area contributed by atoms with Gasteiger partial charge in [0, 0.05) is 0 Å². The quantitative estimate of drug-likeness (QED) is 0.628. The van der Waals surface area contributed by atoms with Crippen LogP contribution in [0.3, 0.4) is 0 Å². The predicted octanol–water partition coefficient (Wildman–Crippen LogP) is 2.23. The molecule has 1 rings (SSSR count). The Hall–Kier alpha value is -0.910. The topological polar surface area (TPSA) is 85.9 Å². The van der Waals surface area contributed by atoms with Gasteiger partial charge >= 0.3 is 0 Å². The third-order valence-electron chi connectivity index (χ3n) is 2.55. The minimum absolute atomic E-state index is 0.